The Labute approximate surface area is 121 Å². The summed E-state index contributed by atoms with van der Waals surface area (Å²) in [6.07, 6.45) is 6.91. The van der Waals surface area contributed by atoms with Crippen molar-refractivity contribution >= 4 is 5.91 Å². The molecular weight excluding hydrogens is 256 g/mol. The molecule has 0 aliphatic carbocycles. The maximum absolute atomic E-state index is 12.7. The van der Waals surface area contributed by atoms with E-state index in [2.05, 4.69) is 5.32 Å². The minimum Gasteiger partial charge on any atom is -0.376 e. The van der Waals surface area contributed by atoms with Crippen molar-refractivity contribution < 1.29 is 14.3 Å². The minimum absolute atomic E-state index is 0.0119. The smallest absolute Gasteiger partial charge is 0.239 e. The molecule has 0 spiro atoms. The van der Waals surface area contributed by atoms with E-state index in [0.717, 1.165) is 71.4 Å². The summed E-state index contributed by atoms with van der Waals surface area (Å²) in [7, 11) is 0. The van der Waals surface area contributed by atoms with E-state index in [1.807, 2.05) is 4.90 Å². The van der Waals surface area contributed by atoms with Gasteiger partial charge in [0.05, 0.1) is 18.2 Å². The van der Waals surface area contributed by atoms with Crippen molar-refractivity contribution in [3.63, 3.8) is 0 Å². The van der Waals surface area contributed by atoms with Gasteiger partial charge in [-0.3, -0.25) is 4.79 Å². The highest BCUT2D eigenvalue weighted by atomic mass is 16.5. The lowest BCUT2D eigenvalue weighted by molar-refractivity contribution is -0.136. The first-order chi connectivity index (χ1) is 9.83. The van der Waals surface area contributed by atoms with E-state index in [1.54, 1.807) is 0 Å². The van der Waals surface area contributed by atoms with Gasteiger partial charge >= 0.3 is 0 Å². The molecule has 3 aliphatic rings. The van der Waals surface area contributed by atoms with Crippen LogP contribution in [0.1, 0.15) is 38.5 Å². The molecule has 3 saturated heterocycles. The van der Waals surface area contributed by atoms with Crippen LogP contribution < -0.4 is 5.32 Å². The number of hydrogen-bond acceptors (Lipinski definition) is 4. The summed E-state index contributed by atoms with van der Waals surface area (Å²) in [5.41, 5.74) is 0. The van der Waals surface area contributed by atoms with Gasteiger partial charge in [-0.1, -0.05) is 0 Å². The van der Waals surface area contributed by atoms with E-state index in [-0.39, 0.29) is 24.2 Å². The van der Waals surface area contributed by atoms with Gasteiger partial charge in [0.1, 0.15) is 0 Å². The SMILES string of the molecule is O=C(C1CCCN1)N(CC1CCCO1)CC1CCCO1. The lowest BCUT2D eigenvalue weighted by Crippen LogP contribution is -2.49. The number of ether oxygens (including phenoxy) is 2. The molecule has 1 amide bonds. The molecule has 5 nitrogen and oxygen atoms in total. The maximum Gasteiger partial charge on any atom is 0.239 e. The second-order valence-electron chi connectivity index (χ2n) is 6.16. The zero-order valence-electron chi connectivity index (χ0n) is 12.2. The number of carbonyl (C=O) groups excluding carboxylic acids is 1. The fourth-order valence-corrected chi connectivity index (χ4v) is 3.44. The van der Waals surface area contributed by atoms with Crippen LogP contribution >= 0.6 is 0 Å². The summed E-state index contributed by atoms with van der Waals surface area (Å²) >= 11 is 0. The average molecular weight is 282 g/mol. The molecule has 0 bridgehead atoms. The Bertz CT molecular complexity index is 301. The van der Waals surface area contributed by atoms with Crippen LogP contribution in [0.4, 0.5) is 0 Å². The molecule has 0 aromatic carbocycles. The number of nitrogens with one attached hydrogen (secondary N) is 1. The molecule has 0 aromatic heterocycles. The van der Waals surface area contributed by atoms with Crippen molar-refractivity contribution in [2.24, 2.45) is 0 Å². The van der Waals surface area contributed by atoms with Crippen LogP contribution in [-0.4, -0.2) is 61.9 Å². The Morgan fingerprint density at radius 1 is 1.00 bits per heavy atom. The largest absolute Gasteiger partial charge is 0.376 e. The van der Waals surface area contributed by atoms with Gasteiger partial charge in [-0.15, -0.1) is 0 Å². The Morgan fingerprint density at radius 2 is 1.65 bits per heavy atom. The van der Waals surface area contributed by atoms with Crippen LogP contribution in [0.3, 0.4) is 0 Å². The Hall–Kier alpha value is -0.650. The van der Waals surface area contributed by atoms with Crippen molar-refractivity contribution in [1.29, 1.82) is 0 Å². The molecule has 0 saturated carbocycles. The van der Waals surface area contributed by atoms with Gasteiger partial charge in [0.25, 0.3) is 0 Å². The molecule has 20 heavy (non-hydrogen) atoms. The predicted octanol–water partition coefficient (Wildman–Crippen LogP) is 0.925. The normalized spacial score (nSPS) is 33.7. The first kappa shape index (κ1) is 14.3. The fraction of sp³-hybridized carbons (Fsp3) is 0.933. The number of hydrogen-bond donors (Lipinski definition) is 1. The molecule has 0 radical (unpaired) electrons. The third-order valence-corrected chi connectivity index (χ3v) is 4.57. The third-order valence-electron chi connectivity index (χ3n) is 4.57. The van der Waals surface area contributed by atoms with Gasteiger partial charge in [-0.25, -0.2) is 0 Å². The van der Waals surface area contributed by atoms with Crippen LogP contribution in [0.5, 0.6) is 0 Å². The average Bonchev–Trinajstić information content (AvgIpc) is 3.20. The summed E-state index contributed by atoms with van der Waals surface area (Å²) < 4.78 is 11.4. The van der Waals surface area contributed by atoms with Crippen molar-refractivity contribution in [3.05, 3.63) is 0 Å². The molecule has 0 aromatic rings. The number of nitrogens with zero attached hydrogens (tertiary/aromatic N) is 1. The van der Waals surface area contributed by atoms with Crippen LogP contribution in [0.2, 0.25) is 0 Å². The molecule has 3 rings (SSSR count). The standard InChI is InChI=1S/C15H26N2O3/c18-15(14-6-1-7-16-14)17(10-12-4-2-8-19-12)11-13-5-3-9-20-13/h12-14,16H,1-11H2. The monoisotopic (exact) mass is 282 g/mol. The third kappa shape index (κ3) is 3.51. The van der Waals surface area contributed by atoms with Crippen LogP contribution in [0, 0.1) is 0 Å². The van der Waals surface area contributed by atoms with E-state index in [0.29, 0.717) is 0 Å². The number of amides is 1. The molecule has 5 heteroatoms. The zero-order valence-corrected chi connectivity index (χ0v) is 12.2. The predicted molar refractivity (Wildman–Crippen MR) is 75.6 cm³/mol. The summed E-state index contributed by atoms with van der Waals surface area (Å²) in [5.74, 6) is 0.244. The molecule has 3 atom stereocenters. The van der Waals surface area contributed by atoms with Gasteiger partial charge in [-0.05, 0) is 45.1 Å². The van der Waals surface area contributed by atoms with Gasteiger partial charge < -0.3 is 19.7 Å². The first-order valence-electron chi connectivity index (χ1n) is 8.08. The highest BCUT2D eigenvalue weighted by Gasteiger charge is 2.31. The van der Waals surface area contributed by atoms with Crippen LogP contribution in [0.15, 0.2) is 0 Å². The van der Waals surface area contributed by atoms with Gasteiger partial charge in [0.2, 0.25) is 5.91 Å². The number of carbonyl (C=O) groups is 1. The molecule has 3 heterocycles. The Balaban J connectivity index is 1.59. The zero-order chi connectivity index (χ0) is 13.8. The molecule has 3 fully saturated rings. The Kier molecular flexibility index (Phi) is 4.91. The lowest BCUT2D eigenvalue weighted by Gasteiger charge is -2.30. The molecule has 114 valence electrons. The summed E-state index contributed by atoms with van der Waals surface area (Å²) in [4.78, 5) is 14.7. The quantitative estimate of drug-likeness (QED) is 0.815. The second kappa shape index (κ2) is 6.87. The minimum atomic E-state index is 0.0119. The van der Waals surface area contributed by atoms with Gasteiger partial charge in [0, 0.05) is 26.3 Å². The first-order valence-corrected chi connectivity index (χ1v) is 8.08. The topological polar surface area (TPSA) is 50.8 Å². The summed E-state index contributed by atoms with van der Waals surface area (Å²) in [5, 5.41) is 3.31. The maximum atomic E-state index is 12.7. The highest BCUT2D eigenvalue weighted by Crippen LogP contribution is 2.19. The number of rotatable bonds is 5. The van der Waals surface area contributed by atoms with Crippen LogP contribution in [0.25, 0.3) is 0 Å². The Morgan fingerprint density at radius 3 is 2.10 bits per heavy atom. The summed E-state index contributed by atoms with van der Waals surface area (Å²) in [6.45, 7) is 4.11. The van der Waals surface area contributed by atoms with Crippen LogP contribution in [-0.2, 0) is 14.3 Å². The summed E-state index contributed by atoms with van der Waals surface area (Å²) in [6, 6.07) is 0.0119. The molecule has 3 aliphatic heterocycles. The van der Waals surface area contributed by atoms with Crippen molar-refractivity contribution in [2.45, 2.75) is 56.8 Å². The van der Waals surface area contributed by atoms with Crippen molar-refractivity contribution in [2.75, 3.05) is 32.8 Å². The van der Waals surface area contributed by atoms with E-state index in [4.69, 9.17) is 9.47 Å². The highest BCUT2D eigenvalue weighted by molar-refractivity contribution is 5.82. The molecular formula is C15H26N2O3. The second-order valence-corrected chi connectivity index (χ2v) is 6.16. The van der Waals surface area contributed by atoms with E-state index < -0.39 is 0 Å². The van der Waals surface area contributed by atoms with Crippen molar-refractivity contribution in [3.8, 4) is 0 Å². The van der Waals surface area contributed by atoms with Crippen molar-refractivity contribution in [1.82, 2.24) is 10.2 Å². The molecule has 3 unspecified atom stereocenters. The fourth-order valence-electron chi connectivity index (χ4n) is 3.44. The van der Waals surface area contributed by atoms with Gasteiger partial charge in [-0.2, -0.15) is 0 Å². The van der Waals surface area contributed by atoms with E-state index in [1.165, 1.54) is 0 Å². The lowest BCUT2D eigenvalue weighted by atomic mass is 10.1. The molecule has 1 N–H and O–H groups in total. The van der Waals surface area contributed by atoms with Gasteiger partial charge in [0.15, 0.2) is 0 Å². The van der Waals surface area contributed by atoms with E-state index >= 15 is 0 Å². The van der Waals surface area contributed by atoms with E-state index in [9.17, 15) is 4.79 Å².